The quantitative estimate of drug-likeness (QED) is 0.833. The molecule has 3 aliphatic rings. The monoisotopic (exact) mass is 347 g/mol. The summed E-state index contributed by atoms with van der Waals surface area (Å²) >= 11 is 0. The standard InChI is InChI=1S/C21H21N3O2/c1-2-3-12-24-13-18(17-10-11-22-19(17)21(24)26)14-4-6-15(7-5-14)20(25)23-16-8-9-16/h2-7,10-11,13,16,19H,8-9,12H2,1H3,(H,23,25). The van der Waals surface area contributed by atoms with Gasteiger partial charge in [-0.05, 0) is 49.1 Å². The van der Waals surface area contributed by atoms with Crippen molar-refractivity contribution in [3.63, 3.8) is 0 Å². The first-order chi connectivity index (χ1) is 12.7. The van der Waals surface area contributed by atoms with Crippen LogP contribution in [-0.2, 0) is 4.79 Å². The van der Waals surface area contributed by atoms with Crippen molar-refractivity contribution >= 4 is 23.6 Å². The van der Waals surface area contributed by atoms with Crippen LogP contribution < -0.4 is 5.32 Å². The summed E-state index contributed by atoms with van der Waals surface area (Å²) in [6.07, 6.45) is 11.5. The lowest BCUT2D eigenvalue weighted by molar-refractivity contribution is -0.128. The molecule has 2 amide bonds. The molecule has 5 heteroatoms. The number of fused-ring (bicyclic) bond motifs is 1. The number of nitrogens with one attached hydrogen (secondary N) is 1. The highest BCUT2D eigenvalue weighted by Gasteiger charge is 2.34. The van der Waals surface area contributed by atoms with Crippen LogP contribution in [0.15, 0.2) is 59.3 Å². The molecule has 1 saturated carbocycles. The highest BCUT2D eigenvalue weighted by molar-refractivity contribution is 6.04. The minimum atomic E-state index is -0.460. The Bertz CT molecular complexity index is 858. The van der Waals surface area contributed by atoms with Gasteiger partial charge in [0.05, 0.1) is 0 Å². The van der Waals surface area contributed by atoms with Gasteiger partial charge < -0.3 is 10.2 Å². The first-order valence-corrected chi connectivity index (χ1v) is 8.96. The van der Waals surface area contributed by atoms with Crippen molar-refractivity contribution in [1.82, 2.24) is 10.2 Å². The molecule has 4 rings (SSSR count). The normalized spacial score (nSPS) is 21.7. The van der Waals surface area contributed by atoms with Crippen molar-refractivity contribution in [2.24, 2.45) is 4.99 Å². The topological polar surface area (TPSA) is 61.8 Å². The van der Waals surface area contributed by atoms with Gasteiger partial charge in [-0.25, -0.2) is 0 Å². The Morgan fingerprint density at radius 2 is 2.08 bits per heavy atom. The van der Waals surface area contributed by atoms with Crippen LogP contribution in [0.3, 0.4) is 0 Å². The first-order valence-electron chi connectivity index (χ1n) is 8.96. The molecule has 0 spiro atoms. The zero-order valence-electron chi connectivity index (χ0n) is 14.7. The minimum absolute atomic E-state index is 0.00715. The summed E-state index contributed by atoms with van der Waals surface area (Å²) in [6, 6.07) is 7.44. The third-order valence-electron chi connectivity index (χ3n) is 4.81. The molecule has 2 heterocycles. The molecular weight excluding hydrogens is 326 g/mol. The Hall–Kier alpha value is -2.95. The Morgan fingerprint density at radius 1 is 1.31 bits per heavy atom. The molecule has 26 heavy (non-hydrogen) atoms. The van der Waals surface area contributed by atoms with Gasteiger partial charge in [-0.15, -0.1) is 0 Å². The highest BCUT2D eigenvalue weighted by atomic mass is 16.2. The van der Waals surface area contributed by atoms with E-state index in [9.17, 15) is 9.59 Å². The van der Waals surface area contributed by atoms with Crippen molar-refractivity contribution in [3.05, 3.63) is 65.4 Å². The molecule has 1 unspecified atom stereocenters. The zero-order chi connectivity index (χ0) is 18.1. The van der Waals surface area contributed by atoms with Crippen LogP contribution in [0, 0.1) is 0 Å². The lowest BCUT2D eigenvalue weighted by atomic mass is 9.90. The van der Waals surface area contributed by atoms with E-state index >= 15 is 0 Å². The SMILES string of the molecule is CC=CCN1C=C(c2ccc(C(=O)NC3CC3)cc2)C2=CC=NC2C1=O. The summed E-state index contributed by atoms with van der Waals surface area (Å²) in [5, 5.41) is 3.00. The summed E-state index contributed by atoms with van der Waals surface area (Å²) in [5.41, 5.74) is 3.53. The average molecular weight is 347 g/mol. The first kappa shape index (κ1) is 16.5. The number of rotatable bonds is 5. The molecule has 0 radical (unpaired) electrons. The van der Waals surface area contributed by atoms with Crippen LogP contribution in [-0.4, -0.2) is 41.6 Å². The second-order valence-electron chi connectivity index (χ2n) is 6.75. The van der Waals surface area contributed by atoms with E-state index in [1.165, 1.54) is 0 Å². The molecule has 0 saturated heterocycles. The maximum Gasteiger partial charge on any atom is 0.256 e. The van der Waals surface area contributed by atoms with Crippen LogP contribution in [0.25, 0.3) is 5.57 Å². The molecule has 1 N–H and O–H groups in total. The van der Waals surface area contributed by atoms with E-state index in [1.807, 2.05) is 55.6 Å². The number of carbonyl (C=O) groups excluding carboxylic acids is 2. The molecule has 132 valence electrons. The molecule has 5 nitrogen and oxygen atoms in total. The molecule has 0 aromatic heterocycles. The number of hydrogen-bond acceptors (Lipinski definition) is 3. The molecule has 1 atom stereocenters. The fourth-order valence-electron chi connectivity index (χ4n) is 3.17. The fourth-order valence-corrected chi connectivity index (χ4v) is 3.17. The maximum atomic E-state index is 12.6. The zero-order valence-corrected chi connectivity index (χ0v) is 14.7. The van der Waals surface area contributed by atoms with Crippen molar-refractivity contribution in [1.29, 1.82) is 0 Å². The molecule has 0 bridgehead atoms. The van der Waals surface area contributed by atoms with Crippen molar-refractivity contribution in [3.8, 4) is 0 Å². The van der Waals surface area contributed by atoms with Crippen molar-refractivity contribution < 1.29 is 9.59 Å². The highest BCUT2D eigenvalue weighted by Crippen LogP contribution is 2.34. The predicted molar refractivity (Wildman–Crippen MR) is 102 cm³/mol. The summed E-state index contributed by atoms with van der Waals surface area (Å²) in [7, 11) is 0. The Morgan fingerprint density at radius 3 is 2.77 bits per heavy atom. The van der Waals surface area contributed by atoms with Crippen LogP contribution in [0.1, 0.15) is 35.7 Å². The van der Waals surface area contributed by atoms with Gasteiger partial charge in [-0.2, -0.15) is 0 Å². The van der Waals surface area contributed by atoms with Gasteiger partial charge in [-0.3, -0.25) is 14.6 Å². The number of benzene rings is 1. The number of aliphatic imine (C=N–C) groups is 1. The third-order valence-corrected chi connectivity index (χ3v) is 4.81. The largest absolute Gasteiger partial charge is 0.349 e. The Balaban J connectivity index is 1.61. The summed E-state index contributed by atoms with van der Waals surface area (Å²) in [6.45, 7) is 2.46. The molecule has 1 aliphatic carbocycles. The number of nitrogens with zero attached hydrogens (tertiary/aromatic N) is 2. The second-order valence-corrected chi connectivity index (χ2v) is 6.75. The number of hydrogen-bond donors (Lipinski definition) is 1. The van der Waals surface area contributed by atoms with E-state index in [1.54, 1.807) is 11.1 Å². The van der Waals surface area contributed by atoms with Crippen LogP contribution >= 0.6 is 0 Å². The van der Waals surface area contributed by atoms with Gasteiger partial charge in [0, 0.05) is 36.1 Å². The van der Waals surface area contributed by atoms with Crippen LogP contribution in [0.2, 0.25) is 0 Å². The van der Waals surface area contributed by atoms with E-state index in [4.69, 9.17) is 0 Å². The number of allylic oxidation sites excluding steroid dienone is 2. The summed E-state index contributed by atoms with van der Waals surface area (Å²) < 4.78 is 0. The van der Waals surface area contributed by atoms with E-state index in [-0.39, 0.29) is 11.8 Å². The molecule has 1 aromatic carbocycles. The lowest BCUT2D eigenvalue weighted by Gasteiger charge is -2.29. The minimum Gasteiger partial charge on any atom is -0.349 e. The van der Waals surface area contributed by atoms with Gasteiger partial charge in [0.25, 0.3) is 11.8 Å². The van der Waals surface area contributed by atoms with E-state index in [0.29, 0.717) is 18.2 Å². The maximum absolute atomic E-state index is 12.6. The Labute approximate surface area is 152 Å². The van der Waals surface area contributed by atoms with Gasteiger partial charge in [0.2, 0.25) is 0 Å². The van der Waals surface area contributed by atoms with Gasteiger partial charge >= 0.3 is 0 Å². The average Bonchev–Trinajstić information content (AvgIpc) is 3.33. The third kappa shape index (κ3) is 3.12. The summed E-state index contributed by atoms with van der Waals surface area (Å²) in [4.78, 5) is 30.8. The van der Waals surface area contributed by atoms with Crippen LogP contribution in [0.5, 0.6) is 0 Å². The number of carbonyl (C=O) groups is 2. The Kier molecular flexibility index (Phi) is 4.29. The molecule has 2 aliphatic heterocycles. The van der Waals surface area contributed by atoms with E-state index < -0.39 is 6.04 Å². The summed E-state index contributed by atoms with van der Waals surface area (Å²) in [5.74, 6) is -0.0323. The van der Waals surface area contributed by atoms with E-state index in [2.05, 4.69) is 10.3 Å². The van der Waals surface area contributed by atoms with E-state index in [0.717, 1.165) is 29.6 Å². The molecular formula is C21H21N3O2. The van der Waals surface area contributed by atoms with Crippen LogP contribution in [0.4, 0.5) is 0 Å². The van der Waals surface area contributed by atoms with Gasteiger partial charge in [0.15, 0.2) is 6.04 Å². The van der Waals surface area contributed by atoms with Gasteiger partial charge in [0.1, 0.15) is 0 Å². The van der Waals surface area contributed by atoms with Crippen molar-refractivity contribution in [2.75, 3.05) is 6.54 Å². The number of amides is 2. The smallest absolute Gasteiger partial charge is 0.256 e. The lowest BCUT2D eigenvalue weighted by Crippen LogP contribution is -2.39. The van der Waals surface area contributed by atoms with Gasteiger partial charge in [-0.1, -0.05) is 24.3 Å². The molecule has 1 fully saturated rings. The molecule has 1 aromatic rings. The van der Waals surface area contributed by atoms with Crippen molar-refractivity contribution in [2.45, 2.75) is 31.8 Å². The predicted octanol–water partition coefficient (Wildman–Crippen LogP) is 2.72. The fraction of sp³-hybridized carbons (Fsp3) is 0.286. The second kappa shape index (κ2) is 6.75.